The summed E-state index contributed by atoms with van der Waals surface area (Å²) >= 11 is 6.43. The van der Waals surface area contributed by atoms with Gasteiger partial charge in [-0.1, -0.05) is 41.9 Å². The highest BCUT2D eigenvalue weighted by atomic mass is 35.5. The maximum absolute atomic E-state index is 16.9. The molecule has 296 valence electrons. The van der Waals surface area contributed by atoms with Gasteiger partial charge in [-0.05, 0) is 64.5 Å². The maximum atomic E-state index is 16.9. The molecule has 8 rings (SSSR count). The average Bonchev–Trinajstić information content (AvgIpc) is 3.86. The lowest BCUT2D eigenvalue weighted by Gasteiger charge is -2.39. The van der Waals surface area contributed by atoms with E-state index >= 15 is 4.39 Å². The van der Waals surface area contributed by atoms with Gasteiger partial charge in [0.1, 0.15) is 41.2 Å². The Morgan fingerprint density at radius 2 is 1.91 bits per heavy atom. The standard InChI is InChI=1S/C41H45ClF3N7O4/c1-40(2,3)56-39(54)52-18-14-26(52)10-12-31(53)50-17-13-27(22-50)49(4)37-29-20-46-35(28-8-5-7-24-9-11-30(44)33(42)32(24)28)34(45)36(29)47-38(48-37)55-23-41-15-6-16-51(41)21-25(43)19-41/h5,7-12,20,25-27H,6,13-19,21-23H2,1-4H3/b12-10+/t25-,26-,27-,41+/m1/s1. The second-order valence-corrected chi connectivity index (χ2v) is 16.7. The molecule has 4 aromatic rings. The van der Waals surface area contributed by atoms with Crippen molar-refractivity contribution in [2.24, 2.45) is 0 Å². The summed E-state index contributed by atoms with van der Waals surface area (Å²) in [5.41, 5.74) is -0.912. The lowest BCUT2D eigenvalue weighted by molar-refractivity contribution is -0.125. The Balaban J connectivity index is 1.08. The van der Waals surface area contributed by atoms with Crippen LogP contribution in [-0.4, -0.2) is 117 Å². The first-order chi connectivity index (χ1) is 26.7. The molecule has 0 saturated carbocycles. The number of carbonyl (C=O) groups is 2. The lowest BCUT2D eigenvalue weighted by atomic mass is 9.95. The number of nitrogens with zero attached hydrogens (tertiary/aromatic N) is 7. The van der Waals surface area contributed by atoms with E-state index in [-0.39, 0.29) is 46.8 Å². The van der Waals surface area contributed by atoms with Gasteiger partial charge in [0, 0.05) is 68.9 Å². The first-order valence-electron chi connectivity index (χ1n) is 19.2. The smallest absolute Gasteiger partial charge is 0.410 e. The maximum Gasteiger partial charge on any atom is 0.410 e. The van der Waals surface area contributed by atoms with Crippen LogP contribution in [0.2, 0.25) is 5.02 Å². The van der Waals surface area contributed by atoms with Crippen molar-refractivity contribution in [3.05, 3.63) is 65.3 Å². The first-order valence-corrected chi connectivity index (χ1v) is 19.5. The van der Waals surface area contributed by atoms with Gasteiger partial charge in [0.05, 0.1) is 22.0 Å². The summed E-state index contributed by atoms with van der Waals surface area (Å²) < 4.78 is 58.0. The third-order valence-electron chi connectivity index (χ3n) is 11.6. The largest absolute Gasteiger partial charge is 0.461 e. The Kier molecular flexibility index (Phi) is 10.0. The number of rotatable bonds is 8. The lowest BCUT2D eigenvalue weighted by Crippen LogP contribution is -2.51. The van der Waals surface area contributed by atoms with Crippen LogP contribution in [0.25, 0.3) is 32.9 Å². The van der Waals surface area contributed by atoms with Crippen molar-refractivity contribution in [2.75, 3.05) is 51.3 Å². The summed E-state index contributed by atoms with van der Waals surface area (Å²) in [5.74, 6) is -1.22. The minimum absolute atomic E-state index is 0.0501. The average molecular weight is 792 g/mol. The van der Waals surface area contributed by atoms with Crippen LogP contribution in [0.15, 0.2) is 48.7 Å². The molecule has 0 aliphatic carbocycles. The third-order valence-corrected chi connectivity index (χ3v) is 11.9. The fourth-order valence-electron chi connectivity index (χ4n) is 8.58. The van der Waals surface area contributed by atoms with E-state index in [1.807, 2.05) is 32.7 Å². The molecule has 2 amide bonds. The number of fused-ring (bicyclic) bond motifs is 3. The van der Waals surface area contributed by atoms with Gasteiger partial charge in [-0.3, -0.25) is 14.7 Å². The Bertz CT molecular complexity index is 2240. The summed E-state index contributed by atoms with van der Waals surface area (Å²) in [6, 6.07) is 7.48. The number of amides is 2. The van der Waals surface area contributed by atoms with Gasteiger partial charge in [0.25, 0.3) is 0 Å². The fourth-order valence-corrected chi connectivity index (χ4v) is 8.86. The minimum atomic E-state index is -0.956. The molecule has 4 fully saturated rings. The zero-order chi connectivity index (χ0) is 39.5. The highest BCUT2D eigenvalue weighted by molar-refractivity contribution is 6.36. The Morgan fingerprint density at radius 1 is 1.09 bits per heavy atom. The molecular formula is C41H45ClF3N7O4. The molecule has 15 heteroatoms. The SMILES string of the molecule is CN(c1nc(OC[C@@]23CCCN2C[C@H](F)C3)nc2c(F)c(-c3cccc4ccc(F)c(Cl)c34)ncc12)[C@@H]1CCN(C(=O)/C=C/[C@@H]2CCN2C(=O)OC(C)(C)C)C1. The summed E-state index contributed by atoms with van der Waals surface area (Å²) in [4.78, 5) is 47.2. The van der Waals surface area contributed by atoms with Gasteiger partial charge in [0.15, 0.2) is 5.82 Å². The zero-order valence-corrected chi connectivity index (χ0v) is 32.7. The van der Waals surface area contributed by atoms with E-state index in [0.717, 1.165) is 25.8 Å². The van der Waals surface area contributed by atoms with Gasteiger partial charge in [-0.25, -0.2) is 18.0 Å². The molecule has 2 aromatic heterocycles. The summed E-state index contributed by atoms with van der Waals surface area (Å²) in [7, 11) is 1.83. The molecule has 6 heterocycles. The molecular weight excluding hydrogens is 747 g/mol. The number of carbonyl (C=O) groups excluding carboxylic acids is 2. The second-order valence-electron chi connectivity index (χ2n) is 16.4. The monoisotopic (exact) mass is 791 g/mol. The molecule has 56 heavy (non-hydrogen) atoms. The van der Waals surface area contributed by atoms with Crippen LogP contribution >= 0.6 is 11.6 Å². The van der Waals surface area contributed by atoms with Crippen molar-refractivity contribution < 1.29 is 32.2 Å². The van der Waals surface area contributed by atoms with Gasteiger partial charge < -0.3 is 24.2 Å². The highest BCUT2D eigenvalue weighted by Gasteiger charge is 2.49. The Morgan fingerprint density at radius 3 is 2.68 bits per heavy atom. The predicted molar refractivity (Wildman–Crippen MR) is 208 cm³/mol. The molecule has 0 N–H and O–H groups in total. The third kappa shape index (κ3) is 7.10. The first kappa shape index (κ1) is 38.2. The second kappa shape index (κ2) is 14.7. The summed E-state index contributed by atoms with van der Waals surface area (Å²) in [5, 5.41) is 1.12. The van der Waals surface area contributed by atoms with Crippen molar-refractivity contribution in [1.29, 1.82) is 0 Å². The number of benzene rings is 2. The van der Waals surface area contributed by atoms with E-state index in [1.54, 1.807) is 40.1 Å². The Hall–Kier alpha value is -4.69. The number of halogens is 4. The van der Waals surface area contributed by atoms with E-state index in [4.69, 9.17) is 26.1 Å². The fraction of sp³-hybridized carbons (Fsp3) is 0.488. The van der Waals surface area contributed by atoms with E-state index in [2.05, 4.69) is 14.9 Å². The number of anilines is 1. The van der Waals surface area contributed by atoms with Crippen LogP contribution in [0.4, 0.5) is 23.8 Å². The van der Waals surface area contributed by atoms with Crippen LogP contribution in [-0.2, 0) is 9.53 Å². The molecule has 2 aromatic carbocycles. The predicted octanol–water partition coefficient (Wildman–Crippen LogP) is 7.33. The quantitative estimate of drug-likeness (QED) is 0.170. The molecule has 4 saturated heterocycles. The van der Waals surface area contributed by atoms with Gasteiger partial charge in [0.2, 0.25) is 5.91 Å². The van der Waals surface area contributed by atoms with Crippen molar-refractivity contribution in [3.63, 3.8) is 0 Å². The molecule has 4 atom stereocenters. The normalized spacial score (nSPS) is 24.0. The van der Waals surface area contributed by atoms with E-state index in [0.29, 0.717) is 66.6 Å². The molecule has 0 bridgehead atoms. The number of hydrogen-bond donors (Lipinski definition) is 0. The van der Waals surface area contributed by atoms with Gasteiger partial charge >= 0.3 is 12.1 Å². The number of hydrogen-bond acceptors (Lipinski definition) is 9. The molecule has 0 radical (unpaired) electrons. The van der Waals surface area contributed by atoms with Crippen molar-refractivity contribution in [2.45, 2.75) is 82.3 Å². The molecule has 11 nitrogen and oxygen atoms in total. The van der Waals surface area contributed by atoms with Crippen LogP contribution in [0, 0.1) is 11.6 Å². The van der Waals surface area contributed by atoms with E-state index in [9.17, 15) is 18.4 Å². The van der Waals surface area contributed by atoms with Crippen molar-refractivity contribution >= 4 is 51.1 Å². The van der Waals surface area contributed by atoms with Crippen LogP contribution in [0.5, 0.6) is 6.01 Å². The molecule has 4 aliphatic heterocycles. The molecule has 4 aliphatic rings. The topological polar surface area (TPSA) is 104 Å². The summed E-state index contributed by atoms with van der Waals surface area (Å²) in [6.45, 7) is 8.12. The van der Waals surface area contributed by atoms with Crippen molar-refractivity contribution in [1.82, 2.24) is 29.7 Å². The number of pyridine rings is 1. The van der Waals surface area contributed by atoms with Crippen LogP contribution < -0.4 is 9.64 Å². The van der Waals surface area contributed by atoms with Gasteiger partial charge in [-0.15, -0.1) is 0 Å². The molecule has 0 unspecified atom stereocenters. The number of likely N-dealkylation sites (tertiary alicyclic amines) is 2. The number of likely N-dealkylation sites (N-methyl/N-ethyl adjacent to an activating group) is 1. The van der Waals surface area contributed by atoms with Crippen molar-refractivity contribution in [3.8, 4) is 17.3 Å². The van der Waals surface area contributed by atoms with Crippen LogP contribution in [0.3, 0.4) is 0 Å². The van der Waals surface area contributed by atoms with E-state index < -0.39 is 35.0 Å². The summed E-state index contributed by atoms with van der Waals surface area (Å²) in [6.07, 6.45) is 6.78. The van der Waals surface area contributed by atoms with Gasteiger partial charge in [-0.2, -0.15) is 9.97 Å². The Labute approximate surface area is 328 Å². The molecule has 0 spiro atoms. The number of alkyl halides is 1. The van der Waals surface area contributed by atoms with E-state index in [1.165, 1.54) is 18.3 Å². The highest BCUT2D eigenvalue weighted by Crippen LogP contribution is 2.42. The number of aromatic nitrogens is 3. The van der Waals surface area contributed by atoms with Crippen LogP contribution in [0.1, 0.15) is 52.9 Å². The number of ether oxygens (including phenoxy) is 2. The zero-order valence-electron chi connectivity index (χ0n) is 31.9. The minimum Gasteiger partial charge on any atom is -0.461 e.